The van der Waals surface area contributed by atoms with Crippen LogP contribution in [0.25, 0.3) is 0 Å². The summed E-state index contributed by atoms with van der Waals surface area (Å²) in [4.78, 5) is 16.3. The van der Waals surface area contributed by atoms with Crippen molar-refractivity contribution in [3.8, 4) is 11.6 Å². The van der Waals surface area contributed by atoms with Gasteiger partial charge in [-0.1, -0.05) is 23.4 Å². The molecule has 1 aromatic carbocycles. The first-order valence-corrected chi connectivity index (χ1v) is 8.95. The Balaban J connectivity index is 1.50. The van der Waals surface area contributed by atoms with Crippen molar-refractivity contribution in [2.45, 2.75) is 33.4 Å². The second-order valence-electron chi connectivity index (χ2n) is 6.36. The minimum Gasteiger partial charge on any atom is -0.489 e. The first-order chi connectivity index (χ1) is 13.6. The number of methoxy groups -OCH3 is 1. The molecule has 0 unspecified atom stereocenters. The number of amides is 1. The number of rotatable bonds is 8. The van der Waals surface area contributed by atoms with Crippen LogP contribution in [-0.4, -0.2) is 23.2 Å². The summed E-state index contributed by atoms with van der Waals surface area (Å²) in [5.41, 5.74) is 3.52. The van der Waals surface area contributed by atoms with Gasteiger partial charge in [-0.15, -0.1) is 0 Å². The number of aryl methyl sites for hydroxylation is 2. The number of nitrogens with one attached hydrogen (secondary N) is 1. The fourth-order valence-electron chi connectivity index (χ4n) is 2.75. The van der Waals surface area contributed by atoms with Gasteiger partial charge in [0.25, 0.3) is 0 Å². The van der Waals surface area contributed by atoms with Gasteiger partial charge in [0.15, 0.2) is 0 Å². The third-order valence-corrected chi connectivity index (χ3v) is 4.37. The highest BCUT2D eigenvalue weighted by molar-refractivity contribution is 5.78. The second-order valence-corrected chi connectivity index (χ2v) is 6.36. The number of benzene rings is 1. The zero-order valence-corrected chi connectivity index (χ0v) is 16.2. The number of hydrogen-bond acceptors (Lipinski definition) is 6. The highest BCUT2D eigenvalue weighted by Gasteiger charge is 2.10. The van der Waals surface area contributed by atoms with Gasteiger partial charge in [-0.3, -0.25) is 4.79 Å². The molecule has 7 heteroatoms. The Morgan fingerprint density at radius 2 is 1.96 bits per heavy atom. The monoisotopic (exact) mass is 381 g/mol. The molecule has 2 aromatic heterocycles. The van der Waals surface area contributed by atoms with Gasteiger partial charge in [0.2, 0.25) is 11.8 Å². The lowest BCUT2D eigenvalue weighted by atomic mass is 10.1. The van der Waals surface area contributed by atoms with E-state index >= 15 is 0 Å². The van der Waals surface area contributed by atoms with E-state index < -0.39 is 0 Å². The maximum absolute atomic E-state index is 12.2. The molecule has 0 atom stereocenters. The Labute approximate surface area is 163 Å². The van der Waals surface area contributed by atoms with Gasteiger partial charge in [-0.25, -0.2) is 4.98 Å². The molecular weight excluding hydrogens is 358 g/mol. The topological polar surface area (TPSA) is 86.5 Å². The molecule has 3 rings (SSSR count). The highest BCUT2D eigenvalue weighted by atomic mass is 16.5. The van der Waals surface area contributed by atoms with Gasteiger partial charge in [-0.2, -0.15) is 0 Å². The van der Waals surface area contributed by atoms with Crippen LogP contribution >= 0.6 is 0 Å². The Hall–Kier alpha value is -3.35. The van der Waals surface area contributed by atoms with Crippen molar-refractivity contribution >= 4 is 5.91 Å². The molecule has 28 heavy (non-hydrogen) atoms. The molecule has 0 aliphatic rings. The molecule has 3 aromatic rings. The predicted octanol–water partition coefficient (Wildman–Crippen LogP) is 3.13. The summed E-state index contributed by atoms with van der Waals surface area (Å²) < 4.78 is 16.1. The van der Waals surface area contributed by atoms with E-state index in [1.165, 1.54) is 0 Å². The van der Waals surface area contributed by atoms with E-state index in [2.05, 4.69) is 15.5 Å². The maximum Gasteiger partial charge on any atom is 0.224 e. The van der Waals surface area contributed by atoms with Gasteiger partial charge in [0.1, 0.15) is 18.1 Å². The molecule has 0 saturated carbocycles. The van der Waals surface area contributed by atoms with Crippen LogP contribution in [0.4, 0.5) is 0 Å². The van der Waals surface area contributed by atoms with Crippen LogP contribution in [0.15, 0.2) is 47.1 Å². The van der Waals surface area contributed by atoms with Crippen LogP contribution < -0.4 is 14.8 Å². The van der Waals surface area contributed by atoms with E-state index in [0.29, 0.717) is 19.0 Å². The number of hydrogen-bond donors (Lipinski definition) is 1. The third kappa shape index (κ3) is 4.88. The molecule has 1 amide bonds. The summed E-state index contributed by atoms with van der Waals surface area (Å²) in [5, 5.41) is 6.80. The first-order valence-electron chi connectivity index (χ1n) is 8.95. The lowest BCUT2D eigenvalue weighted by molar-refractivity contribution is -0.120. The summed E-state index contributed by atoms with van der Waals surface area (Å²) in [6.07, 6.45) is 1.94. The molecule has 0 aliphatic carbocycles. The van der Waals surface area contributed by atoms with E-state index in [4.69, 9.17) is 14.0 Å². The molecule has 0 aliphatic heterocycles. The van der Waals surface area contributed by atoms with Crippen LogP contribution in [0.1, 0.15) is 28.1 Å². The number of carbonyl (C=O) groups is 1. The van der Waals surface area contributed by atoms with Gasteiger partial charge in [-0.05, 0) is 37.6 Å². The van der Waals surface area contributed by atoms with Crippen molar-refractivity contribution < 1.29 is 18.8 Å². The first kappa shape index (κ1) is 19.4. The van der Waals surface area contributed by atoms with Gasteiger partial charge in [0.05, 0.1) is 24.8 Å². The van der Waals surface area contributed by atoms with Crippen LogP contribution in [0.2, 0.25) is 0 Å². The van der Waals surface area contributed by atoms with Crippen LogP contribution in [-0.2, 0) is 24.4 Å². The van der Waals surface area contributed by atoms with Crippen molar-refractivity contribution in [3.63, 3.8) is 0 Å². The fourth-order valence-corrected chi connectivity index (χ4v) is 2.75. The van der Waals surface area contributed by atoms with Crippen LogP contribution in [0.5, 0.6) is 11.6 Å². The quantitative estimate of drug-likeness (QED) is 0.645. The average Bonchev–Trinajstić information content (AvgIpc) is 3.03. The Bertz CT molecular complexity index is 916. The molecule has 2 heterocycles. The summed E-state index contributed by atoms with van der Waals surface area (Å²) in [7, 11) is 1.56. The third-order valence-electron chi connectivity index (χ3n) is 4.37. The molecule has 0 spiro atoms. The van der Waals surface area contributed by atoms with E-state index in [-0.39, 0.29) is 12.3 Å². The number of aromatic nitrogens is 2. The summed E-state index contributed by atoms with van der Waals surface area (Å²) in [6.45, 7) is 4.52. The maximum atomic E-state index is 12.2. The zero-order valence-electron chi connectivity index (χ0n) is 16.2. The number of carbonyl (C=O) groups excluding carboxylic acids is 1. The Morgan fingerprint density at radius 3 is 2.64 bits per heavy atom. The fraction of sp³-hybridized carbons (Fsp3) is 0.286. The van der Waals surface area contributed by atoms with Crippen molar-refractivity contribution in [1.29, 1.82) is 0 Å². The number of nitrogens with zero attached hydrogens (tertiary/aromatic N) is 2. The minimum absolute atomic E-state index is 0.0738. The van der Waals surface area contributed by atoms with E-state index in [0.717, 1.165) is 33.9 Å². The highest BCUT2D eigenvalue weighted by Crippen LogP contribution is 2.18. The van der Waals surface area contributed by atoms with Gasteiger partial charge in [0, 0.05) is 18.3 Å². The normalized spacial score (nSPS) is 10.5. The smallest absolute Gasteiger partial charge is 0.224 e. The molecule has 1 N–H and O–H groups in total. The van der Waals surface area contributed by atoms with Gasteiger partial charge < -0.3 is 19.3 Å². The largest absolute Gasteiger partial charge is 0.489 e. The SMILES string of the molecule is COc1ncccc1CNC(=O)Cc1ccc(OCc2c(C)noc2C)cc1. The lowest BCUT2D eigenvalue weighted by Crippen LogP contribution is -2.24. The van der Waals surface area contributed by atoms with Crippen molar-refractivity contribution in [2.24, 2.45) is 0 Å². The van der Waals surface area contributed by atoms with Gasteiger partial charge >= 0.3 is 0 Å². The van der Waals surface area contributed by atoms with Crippen molar-refractivity contribution in [2.75, 3.05) is 7.11 Å². The van der Waals surface area contributed by atoms with Crippen molar-refractivity contribution in [1.82, 2.24) is 15.5 Å². The summed E-state index contributed by atoms with van der Waals surface area (Å²) >= 11 is 0. The second kappa shape index (κ2) is 9.03. The molecule has 0 fully saturated rings. The molecule has 0 radical (unpaired) electrons. The van der Waals surface area contributed by atoms with E-state index in [1.807, 2.05) is 50.2 Å². The average molecular weight is 381 g/mol. The van der Waals surface area contributed by atoms with Crippen molar-refractivity contribution in [3.05, 3.63) is 70.7 Å². The summed E-state index contributed by atoms with van der Waals surface area (Å²) in [6, 6.07) is 11.2. The van der Waals surface area contributed by atoms with Crippen LogP contribution in [0, 0.1) is 13.8 Å². The minimum atomic E-state index is -0.0738. The standard InChI is InChI=1S/C21H23N3O4/c1-14-19(15(2)28-24-14)13-27-18-8-6-16(7-9-18)11-20(25)23-12-17-5-4-10-22-21(17)26-3/h4-10H,11-13H2,1-3H3,(H,23,25). The molecule has 146 valence electrons. The molecule has 0 saturated heterocycles. The lowest BCUT2D eigenvalue weighted by Gasteiger charge is -2.09. The summed E-state index contributed by atoms with van der Waals surface area (Å²) in [5.74, 6) is 1.93. The predicted molar refractivity (Wildman–Crippen MR) is 103 cm³/mol. The molecule has 0 bridgehead atoms. The Kier molecular flexibility index (Phi) is 6.26. The number of pyridine rings is 1. The Morgan fingerprint density at radius 1 is 1.18 bits per heavy atom. The molecule has 7 nitrogen and oxygen atoms in total. The van der Waals surface area contributed by atoms with E-state index in [1.54, 1.807) is 13.3 Å². The zero-order chi connectivity index (χ0) is 19.9. The van der Waals surface area contributed by atoms with Crippen LogP contribution in [0.3, 0.4) is 0 Å². The number of ether oxygens (including phenoxy) is 2. The van der Waals surface area contributed by atoms with E-state index in [9.17, 15) is 4.79 Å². The molecular formula is C21H23N3O4.